The molecule has 0 spiro atoms. The summed E-state index contributed by atoms with van der Waals surface area (Å²) in [6.45, 7) is 0. The number of carbonyl (C=O) groups is 1. The number of furan rings is 2. The Labute approximate surface area is 76.0 Å². The van der Waals surface area contributed by atoms with Crippen molar-refractivity contribution in [1.82, 2.24) is 0 Å². The van der Waals surface area contributed by atoms with Crippen LogP contribution in [0, 0.1) is 0 Å². The van der Waals surface area contributed by atoms with E-state index in [-0.39, 0.29) is 28.1 Å². The van der Waals surface area contributed by atoms with Gasteiger partial charge in [-0.05, 0) is 0 Å². The zero-order valence-corrected chi connectivity index (χ0v) is 6.64. The van der Waals surface area contributed by atoms with Crippen molar-refractivity contribution in [2.45, 2.75) is 6.29 Å². The van der Waals surface area contributed by atoms with Crippen molar-refractivity contribution in [2.75, 3.05) is 0 Å². The van der Waals surface area contributed by atoms with Crippen LogP contribution in [0.4, 0.5) is 0 Å². The number of aliphatic hydroxyl groups excluding tert-OH is 1. The molecule has 6 heteroatoms. The summed E-state index contributed by atoms with van der Waals surface area (Å²) in [7, 11) is 0. The summed E-state index contributed by atoms with van der Waals surface area (Å²) in [6.07, 6.45) is -1.87. The molecule has 3 heterocycles. The Bertz CT molecular complexity index is 558. The van der Waals surface area contributed by atoms with Crippen molar-refractivity contribution >= 4 is 16.8 Å². The van der Waals surface area contributed by atoms with E-state index >= 15 is 0 Å². The molecule has 0 saturated carbocycles. The topological polar surface area (TPSA) is 104 Å². The molecule has 0 amide bonds. The second kappa shape index (κ2) is 1.99. The lowest BCUT2D eigenvalue weighted by Crippen LogP contribution is -2.04. The highest BCUT2D eigenvalue weighted by Gasteiger charge is 2.40. The molecule has 0 fully saturated rings. The highest BCUT2D eigenvalue weighted by atomic mass is 16.5. The predicted octanol–water partition coefficient (Wildman–Crippen LogP) is 0.259. The van der Waals surface area contributed by atoms with Crippen LogP contribution in [-0.2, 0) is 0 Å². The summed E-state index contributed by atoms with van der Waals surface area (Å²) < 4.78 is 9.67. The normalized spacial score (nSPS) is 14.1. The molecule has 0 unspecified atom stereocenters. The summed E-state index contributed by atoms with van der Waals surface area (Å²) in [6, 6.07) is 0. The molecule has 2 aromatic heterocycles. The van der Waals surface area contributed by atoms with Crippen molar-refractivity contribution in [3.8, 4) is 5.95 Å². The van der Waals surface area contributed by atoms with Gasteiger partial charge in [-0.2, -0.15) is 0 Å². The first-order chi connectivity index (χ1) is 6.61. The second-order valence-corrected chi connectivity index (χ2v) is 2.99. The van der Waals surface area contributed by atoms with E-state index in [4.69, 9.17) is 19.0 Å². The third kappa shape index (κ3) is 0.593. The van der Waals surface area contributed by atoms with Crippen LogP contribution in [0.25, 0.3) is 11.0 Å². The van der Waals surface area contributed by atoms with Crippen molar-refractivity contribution in [2.24, 2.45) is 0 Å². The van der Waals surface area contributed by atoms with Gasteiger partial charge < -0.3 is 24.2 Å². The fourth-order valence-electron chi connectivity index (χ4n) is 1.68. The Hall–Kier alpha value is -1.79. The number of hydrogen-bond donors (Lipinski definition) is 3. The number of fused-ring (bicyclic) bond motifs is 1. The van der Waals surface area contributed by atoms with Crippen molar-refractivity contribution < 1.29 is 28.9 Å². The third-order valence-corrected chi connectivity index (χ3v) is 2.23. The van der Waals surface area contributed by atoms with Crippen LogP contribution in [0.5, 0.6) is 5.95 Å². The number of aromatic hydroxyl groups is 1. The molecule has 2 bridgehead atoms. The number of carbonyl (C=O) groups excluding carboxylic acids is 1. The van der Waals surface area contributed by atoms with Crippen LogP contribution < -0.4 is 0 Å². The number of rotatable bonds is 1. The molecular formula is C8H4O6. The first kappa shape index (κ1) is 7.60. The molecule has 0 saturated heterocycles. The molecule has 72 valence electrons. The van der Waals surface area contributed by atoms with E-state index in [1.165, 1.54) is 0 Å². The summed E-state index contributed by atoms with van der Waals surface area (Å²) >= 11 is 0. The molecule has 0 radical (unpaired) electrons. The molecule has 0 aliphatic carbocycles. The maximum atomic E-state index is 11.4. The van der Waals surface area contributed by atoms with Gasteiger partial charge in [0, 0.05) is 0 Å². The lowest BCUT2D eigenvalue weighted by Gasteiger charge is -2.01. The highest BCUT2D eigenvalue weighted by Crippen LogP contribution is 2.46. The minimum Gasteiger partial charge on any atom is -0.480 e. The van der Waals surface area contributed by atoms with Crippen LogP contribution in [0.3, 0.4) is 0 Å². The van der Waals surface area contributed by atoms with E-state index in [9.17, 15) is 9.90 Å². The number of aliphatic hydroxyl groups is 2. The largest absolute Gasteiger partial charge is 0.480 e. The molecule has 6 nitrogen and oxygen atoms in total. The molecule has 1 aliphatic rings. The Morgan fingerprint density at radius 2 is 1.86 bits per heavy atom. The Kier molecular flexibility index (Phi) is 1.08. The van der Waals surface area contributed by atoms with Gasteiger partial charge in [-0.1, -0.05) is 0 Å². The predicted molar refractivity (Wildman–Crippen MR) is 40.8 cm³/mol. The molecule has 1 aliphatic heterocycles. The van der Waals surface area contributed by atoms with Crippen LogP contribution in [0.2, 0.25) is 0 Å². The summed E-state index contributed by atoms with van der Waals surface area (Å²) in [5.74, 6) is -1.36. The second-order valence-electron chi connectivity index (χ2n) is 2.99. The molecule has 0 aromatic carbocycles. The number of hydrogen-bond acceptors (Lipinski definition) is 6. The van der Waals surface area contributed by atoms with Gasteiger partial charge in [0.1, 0.15) is 5.39 Å². The maximum absolute atomic E-state index is 11.4. The van der Waals surface area contributed by atoms with Gasteiger partial charge in [-0.25, -0.2) is 0 Å². The van der Waals surface area contributed by atoms with Crippen LogP contribution in [-0.4, -0.2) is 21.1 Å². The van der Waals surface area contributed by atoms with Gasteiger partial charge in [0.25, 0.3) is 11.7 Å². The van der Waals surface area contributed by atoms with Gasteiger partial charge >= 0.3 is 0 Å². The van der Waals surface area contributed by atoms with Gasteiger partial charge in [-0.3, -0.25) is 4.79 Å². The quantitative estimate of drug-likeness (QED) is 0.482. The molecule has 0 atom stereocenters. The average Bonchev–Trinajstić information content (AvgIpc) is 2.67. The summed E-state index contributed by atoms with van der Waals surface area (Å²) in [5, 5.41) is 27.3. The Balaban J connectivity index is 2.52. The average molecular weight is 196 g/mol. The molecular weight excluding hydrogens is 192 g/mol. The number of ketones is 1. The van der Waals surface area contributed by atoms with Crippen molar-refractivity contribution in [3.05, 3.63) is 17.1 Å². The molecule has 14 heavy (non-hydrogen) atoms. The SMILES string of the molecule is O=C1c2oc3c1oc(O)c3c2C(O)O. The minimum absolute atomic E-state index is 0.0598. The van der Waals surface area contributed by atoms with Crippen molar-refractivity contribution in [3.63, 3.8) is 0 Å². The minimum atomic E-state index is -1.87. The lowest BCUT2D eigenvalue weighted by atomic mass is 10.0. The monoisotopic (exact) mass is 196 g/mol. The zero-order chi connectivity index (χ0) is 10.0. The summed E-state index contributed by atoms with van der Waals surface area (Å²) in [4.78, 5) is 11.4. The van der Waals surface area contributed by atoms with E-state index in [2.05, 4.69) is 0 Å². The van der Waals surface area contributed by atoms with Gasteiger partial charge in [0.2, 0.25) is 5.76 Å². The van der Waals surface area contributed by atoms with Crippen LogP contribution >= 0.6 is 0 Å². The third-order valence-electron chi connectivity index (χ3n) is 2.23. The van der Waals surface area contributed by atoms with Crippen molar-refractivity contribution in [1.29, 1.82) is 0 Å². The maximum Gasteiger partial charge on any atom is 0.294 e. The Morgan fingerprint density at radius 3 is 2.50 bits per heavy atom. The van der Waals surface area contributed by atoms with Gasteiger partial charge in [-0.15, -0.1) is 0 Å². The lowest BCUT2D eigenvalue weighted by molar-refractivity contribution is -0.0424. The van der Waals surface area contributed by atoms with Gasteiger partial charge in [0.05, 0.1) is 5.56 Å². The van der Waals surface area contributed by atoms with Crippen LogP contribution in [0.1, 0.15) is 28.2 Å². The smallest absolute Gasteiger partial charge is 0.294 e. The van der Waals surface area contributed by atoms with E-state index in [1.54, 1.807) is 0 Å². The zero-order valence-electron chi connectivity index (χ0n) is 6.64. The van der Waals surface area contributed by atoms with Crippen LogP contribution in [0.15, 0.2) is 8.83 Å². The van der Waals surface area contributed by atoms with E-state index < -0.39 is 18.0 Å². The standard InChI is InChI=1S/C8H4O6/c9-3-4-1(7(10)11)2-5(13-4)6(3)14-8(2)12/h7,10-12H. The first-order valence-electron chi connectivity index (χ1n) is 3.80. The highest BCUT2D eigenvalue weighted by molar-refractivity contribution is 6.21. The summed E-state index contributed by atoms with van der Waals surface area (Å²) in [5.41, 5.74) is -0.0608. The van der Waals surface area contributed by atoms with E-state index in [1.807, 2.05) is 0 Å². The fraction of sp³-hybridized carbons (Fsp3) is 0.125. The molecule has 3 rings (SSSR count). The van der Waals surface area contributed by atoms with Gasteiger partial charge in [0.15, 0.2) is 17.6 Å². The van der Waals surface area contributed by atoms with E-state index in [0.717, 1.165) is 0 Å². The molecule has 2 aromatic rings. The fourth-order valence-corrected chi connectivity index (χ4v) is 1.68. The Morgan fingerprint density at radius 1 is 1.14 bits per heavy atom. The first-order valence-corrected chi connectivity index (χ1v) is 3.80. The van der Waals surface area contributed by atoms with E-state index in [0.29, 0.717) is 0 Å². The molecule has 3 N–H and O–H groups in total.